The molecular formula is C22H26N2O4S2. The number of nitrogens with one attached hydrogen (secondary N) is 2. The SMILES string of the molecule is Cc1ccc(C(=O)Nc2sc3c(c2C(=O)NC2CCS(=O)(=O)C2)CCC(C)C3)cc1. The number of fused-ring (bicyclic) bond motifs is 1. The van der Waals surface area contributed by atoms with Gasteiger partial charge in [-0.05, 0) is 56.2 Å². The summed E-state index contributed by atoms with van der Waals surface area (Å²) < 4.78 is 23.5. The van der Waals surface area contributed by atoms with Crippen molar-refractivity contribution in [1.29, 1.82) is 0 Å². The van der Waals surface area contributed by atoms with Gasteiger partial charge in [0.1, 0.15) is 5.00 Å². The molecule has 1 aliphatic heterocycles. The van der Waals surface area contributed by atoms with Gasteiger partial charge in [0.05, 0.1) is 17.1 Å². The van der Waals surface area contributed by atoms with Crippen LogP contribution in [0, 0.1) is 12.8 Å². The lowest BCUT2D eigenvalue weighted by molar-refractivity contribution is 0.0941. The van der Waals surface area contributed by atoms with Crippen LogP contribution in [0.2, 0.25) is 0 Å². The van der Waals surface area contributed by atoms with Gasteiger partial charge in [-0.2, -0.15) is 0 Å². The van der Waals surface area contributed by atoms with Gasteiger partial charge in [-0.1, -0.05) is 24.6 Å². The molecule has 2 unspecified atom stereocenters. The van der Waals surface area contributed by atoms with Crippen LogP contribution in [-0.4, -0.2) is 37.8 Å². The van der Waals surface area contributed by atoms with Crippen LogP contribution in [0.15, 0.2) is 24.3 Å². The van der Waals surface area contributed by atoms with Gasteiger partial charge in [-0.25, -0.2) is 8.42 Å². The maximum atomic E-state index is 13.2. The number of carbonyl (C=O) groups is 2. The quantitative estimate of drug-likeness (QED) is 0.753. The first-order valence-corrected chi connectivity index (χ1v) is 12.9. The van der Waals surface area contributed by atoms with E-state index >= 15 is 0 Å². The van der Waals surface area contributed by atoms with E-state index in [-0.39, 0.29) is 29.4 Å². The van der Waals surface area contributed by atoms with Crippen LogP contribution in [0.5, 0.6) is 0 Å². The van der Waals surface area contributed by atoms with Gasteiger partial charge in [0, 0.05) is 16.5 Å². The number of benzene rings is 1. The maximum absolute atomic E-state index is 13.2. The Morgan fingerprint density at radius 3 is 2.50 bits per heavy atom. The van der Waals surface area contributed by atoms with E-state index in [1.54, 1.807) is 12.1 Å². The Labute approximate surface area is 181 Å². The van der Waals surface area contributed by atoms with Crippen LogP contribution in [0.1, 0.15) is 56.5 Å². The van der Waals surface area contributed by atoms with Crippen molar-refractivity contribution in [2.75, 3.05) is 16.8 Å². The number of amides is 2. The van der Waals surface area contributed by atoms with Crippen molar-refractivity contribution in [1.82, 2.24) is 5.32 Å². The van der Waals surface area contributed by atoms with Crippen molar-refractivity contribution in [3.8, 4) is 0 Å². The van der Waals surface area contributed by atoms with Crippen LogP contribution in [-0.2, 0) is 22.7 Å². The molecule has 1 aliphatic carbocycles. The number of anilines is 1. The Bertz CT molecular complexity index is 1090. The molecule has 1 fully saturated rings. The maximum Gasteiger partial charge on any atom is 0.256 e. The lowest BCUT2D eigenvalue weighted by atomic mass is 9.88. The fourth-order valence-electron chi connectivity index (χ4n) is 4.13. The standard InChI is InChI=1S/C22H26N2O4S2/c1-13-3-6-15(7-4-13)20(25)24-22-19(17-8-5-14(2)11-18(17)29-22)21(26)23-16-9-10-30(27,28)12-16/h3-4,6-7,14,16H,5,8-12H2,1-2H3,(H,23,26)(H,24,25). The minimum Gasteiger partial charge on any atom is -0.348 e. The summed E-state index contributed by atoms with van der Waals surface area (Å²) >= 11 is 1.47. The molecule has 0 radical (unpaired) electrons. The average molecular weight is 447 g/mol. The first kappa shape index (κ1) is 21.1. The molecule has 30 heavy (non-hydrogen) atoms. The third kappa shape index (κ3) is 4.44. The first-order valence-electron chi connectivity index (χ1n) is 10.3. The second-order valence-corrected chi connectivity index (χ2v) is 11.8. The second kappa shape index (κ2) is 8.15. The first-order chi connectivity index (χ1) is 14.2. The molecule has 2 atom stereocenters. The van der Waals surface area contributed by atoms with Crippen molar-refractivity contribution >= 4 is 38.0 Å². The molecule has 1 saturated heterocycles. The van der Waals surface area contributed by atoms with Crippen LogP contribution in [0.25, 0.3) is 0 Å². The predicted octanol–water partition coefficient (Wildman–Crippen LogP) is 3.35. The monoisotopic (exact) mass is 446 g/mol. The fourth-order valence-corrected chi connectivity index (χ4v) is 7.20. The highest BCUT2D eigenvalue weighted by Crippen LogP contribution is 2.40. The summed E-state index contributed by atoms with van der Waals surface area (Å²) in [5.41, 5.74) is 3.11. The Kier molecular flexibility index (Phi) is 5.72. The second-order valence-electron chi connectivity index (χ2n) is 8.45. The molecule has 2 amide bonds. The highest BCUT2D eigenvalue weighted by Gasteiger charge is 2.33. The molecule has 2 heterocycles. The van der Waals surface area contributed by atoms with E-state index in [0.717, 1.165) is 35.3 Å². The highest BCUT2D eigenvalue weighted by molar-refractivity contribution is 7.91. The third-order valence-corrected chi connectivity index (χ3v) is 8.78. The topological polar surface area (TPSA) is 92.3 Å². The van der Waals surface area contributed by atoms with E-state index in [9.17, 15) is 18.0 Å². The van der Waals surface area contributed by atoms with Crippen LogP contribution >= 0.6 is 11.3 Å². The summed E-state index contributed by atoms with van der Waals surface area (Å²) in [6.07, 6.45) is 3.10. The third-order valence-electron chi connectivity index (χ3n) is 5.85. The number of aryl methyl sites for hydroxylation is 1. The molecule has 2 aliphatic rings. The van der Waals surface area contributed by atoms with Gasteiger partial charge in [0.15, 0.2) is 9.84 Å². The highest BCUT2D eigenvalue weighted by atomic mass is 32.2. The van der Waals surface area contributed by atoms with Gasteiger partial charge in [-0.15, -0.1) is 11.3 Å². The van der Waals surface area contributed by atoms with E-state index in [0.29, 0.717) is 28.5 Å². The largest absolute Gasteiger partial charge is 0.348 e. The molecule has 2 N–H and O–H groups in total. The van der Waals surface area contributed by atoms with Crippen molar-refractivity contribution in [2.24, 2.45) is 5.92 Å². The summed E-state index contributed by atoms with van der Waals surface area (Å²) in [4.78, 5) is 27.1. The lowest BCUT2D eigenvalue weighted by Crippen LogP contribution is -2.36. The number of hydrogen-bond acceptors (Lipinski definition) is 5. The van der Waals surface area contributed by atoms with Gasteiger partial charge in [0.2, 0.25) is 0 Å². The number of sulfone groups is 1. The van der Waals surface area contributed by atoms with Crippen LogP contribution in [0.4, 0.5) is 5.00 Å². The molecule has 4 rings (SSSR count). The van der Waals surface area contributed by atoms with E-state index in [4.69, 9.17) is 0 Å². The fraction of sp³-hybridized carbons (Fsp3) is 0.455. The number of rotatable bonds is 4. The van der Waals surface area contributed by atoms with Gasteiger partial charge >= 0.3 is 0 Å². The van der Waals surface area contributed by atoms with Crippen molar-refractivity contribution in [2.45, 2.75) is 45.6 Å². The number of carbonyl (C=O) groups excluding carboxylic acids is 2. The van der Waals surface area contributed by atoms with Crippen molar-refractivity contribution in [3.05, 3.63) is 51.4 Å². The van der Waals surface area contributed by atoms with Gasteiger partial charge in [-0.3, -0.25) is 9.59 Å². The molecule has 0 saturated carbocycles. The number of thiophene rings is 1. The van der Waals surface area contributed by atoms with E-state index < -0.39 is 9.84 Å². The van der Waals surface area contributed by atoms with E-state index in [1.807, 2.05) is 19.1 Å². The van der Waals surface area contributed by atoms with Gasteiger partial charge < -0.3 is 10.6 Å². The summed E-state index contributed by atoms with van der Waals surface area (Å²) in [6.45, 7) is 4.15. The van der Waals surface area contributed by atoms with Gasteiger partial charge in [0.25, 0.3) is 11.8 Å². The Hall–Kier alpha value is -2.19. The Morgan fingerprint density at radius 1 is 1.10 bits per heavy atom. The zero-order valence-corrected chi connectivity index (χ0v) is 18.8. The molecule has 0 spiro atoms. The molecule has 6 nitrogen and oxygen atoms in total. The summed E-state index contributed by atoms with van der Waals surface area (Å²) in [6, 6.07) is 6.92. The molecule has 2 aromatic rings. The Balaban J connectivity index is 1.62. The number of hydrogen-bond donors (Lipinski definition) is 2. The zero-order chi connectivity index (χ0) is 21.5. The normalized spacial score (nSPS) is 22.3. The summed E-state index contributed by atoms with van der Waals surface area (Å²) in [5.74, 6) is 0.0802. The van der Waals surface area contributed by atoms with Crippen LogP contribution in [0.3, 0.4) is 0 Å². The van der Waals surface area contributed by atoms with E-state index in [1.165, 1.54) is 11.3 Å². The summed E-state index contributed by atoms with van der Waals surface area (Å²) in [5, 5.41) is 6.39. The smallest absolute Gasteiger partial charge is 0.256 e. The van der Waals surface area contributed by atoms with Crippen LogP contribution < -0.4 is 10.6 Å². The molecule has 0 bridgehead atoms. The average Bonchev–Trinajstić information content (AvgIpc) is 3.20. The molecule has 160 valence electrons. The minimum atomic E-state index is -3.09. The van der Waals surface area contributed by atoms with Crippen molar-refractivity contribution in [3.63, 3.8) is 0 Å². The minimum absolute atomic E-state index is 0.0207. The lowest BCUT2D eigenvalue weighted by Gasteiger charge is -2.19. The molecule has 1 aromatic heterocycles. The molecular weight excluding hydrogens is 420 g/mol. The Morgan fingerprint density at radius 2 is 1.83 bits per heavy atom. The summed E-state index contributed by atoms with van der Waals surface area (Å²) in [7, 11) is -3.09. The predicted molar refractivity (Wildman–Crippen MR) is 119 cm³/mol. The van der Waals surface area contributed by atoms with Crippen molar-refractivity contribution < 1.29 is 18.0 Å². The zero-order valence-electron chi connectivity index (χ0n) is 17.2. The molecule has 8 heteroatoms. The molecule has 1 aromatic carbocycles. The van der Waals surface area contributed by atoms with E-state index in [2.05, 4.69) is 17.6 Å².